The standard InChI is InChI=1S/C20H32N4O2/c1-24-14-16(13-22-24)18-15(7-11-26-18)12-21-19(25)23-17-6-5-10-20(17)8-3-2-4-9-20/h13-15,17-18H,2-12H2,1H3,(H2,21,23,25)/t15-,17?,18+/m0/s1. The minimum absolute atomic E-state index is 0.00122. The van der Waals surface area contributed by atoms with Gasteiger partial charge in [0.05, 0.1) is 12.3 Å². The number of amides is 2. The number of rotatable bonds is 4. The lowest BCUT2D eigenvalue weighted by molar-refractivity contribution is 0.0907. The van der Waals surface area contributed by atoms with Crippen molar-refractivity contribution in [3.05, 3.63) is 18.0 Å². The molecule has 2 amide bonds. The maximum atomic E-state index is 12.5. The average molecular weight is 361 g/mol. The largest absolute Gasteiger partial charge is 0.373 e. The fourth-order valence-electron chi connectivity index (χ4n) is 5.45. The topological polar surface area (TPSA) is 68.2 Å². The summed E-state index contributed by atoms with van der Waals surface area (Å²) in [6, 6.07) is 0.357. The predicted molar refractivity (Wildman–Crippen MR) is 99.7 cm³/mol. The van der Waals surface area contributed by atoms with E-state index < -0.39 is 0 Å². The van der Waals surface area contributed by atoms with Crippen molar-refractivity contribution in [1.82, 2.24) is 20.4 Å². The Hall–Kier alpha value is -1.56. The van der Waals surface area contributed by atoms with Crippen molar-refractivity contribution in [3.63, 3.8) is 0 Å². The van der Waals surface area contributed by atoms with Crippen LogP contribution in [0.2, 0.25) is 0 Å². The summed E-state index contributed by atoms with van der Waals surface area (Å²) < 4.78 is 7.70. The molecule has 2 N–H and O–H groups in total. The molecule has 4 rings (SSSR count). The summed E-state index contributed by atoms with van der Waals surface area (Å²) in [6.07, 6.45) is 15.2. The molecule has 0 bridgehead atoms. The number of nitrogens with one attached hydrogen (secondary N) is 2. The van der Waals surface area contributed by atoms with Gasteiger partial charge in [0.15, 0.2) is 0 Å². The molecule has 3 fully saturated rings. The summed E-state index contributed by atoms with van der Waals surface area (Å²) in [5.41, 5.74) is 1.48. The monoisotopic (exact) mass is 360 g/mol. The highest BCUT2D eigenvalue weighted by Crippen LogP contribution is 2.49. The highest BCUT2D eigenvalue weighted by molar-refractivity contribution is 5.74. The second kappa shape index (κ2) is 7.59. The lowest BCUT2D eigenvalue weighted by Crippen LogP contribution is -2.49. The van der Waals surface area contributed by atoms with Crippen LogP contribution in [0.1, 0.15) is 69.5 Å². The third kappa shape index (κ3) is 3.61. The van der Waals surface area contributed by atoms with Gasteiger partial charge in [0.2, 0.25) is 0 Å². The quantitative estimate of drug-likeness (QED) is 0.866. The Morgan fingerprint density at radius 2 is 2.08 bits per heavy atom. The lowest BCUT2D eigenvalue weighted by Gasteiger charge is -2.39. The van der Waals surface area contributed by atoms with Gasteiger partial charge in [0, 0.05) is 43.9 Å². The van der Waals surface area contributed by atoms with Gasteiger partial charge in [-0.2, -0.15) is 5.10 Å². The van der Waals surface area contributed by atoms with Crippen LogP contribution in [0.3, 0.4) is 0 Å². The van der Waals surface area contributed by atoms with E-state index in [4.69, 9.17) is 4.74 Å². The maximum absolute atomic E-state index is 12.5. The molecular weight excluding hydrogens is 328 g/mol. The summed E-state index contributed by atoms with van der Waals surface area (Å²) >= 11 is 0. The fourth-order valence-corrected chi connectivity index (χ4v) is 5.45. The number of hydrogen-bond donors (Lipinski definition) is 2. The first-order chi connectivity index (χ1) is 12.7. The zero-order valence-electron chi connectivity index (χ0n) is 15.9. The van der Waals surface area contributed by atoms with E-state index in [1.165, 1.54) is 44.9 Å². The molecule has 6 nitrogen and oxygen atoms in total. The summed E-state index contributed by atoms with van der Waals surface area (Å²) in [5, 5.41) is 10.7. The average Bonchev–Trinajstić information content (AvgIpc) is 3.35. The Labute approximate surface area is 156 Å². The highest BCUT2D eigenvalue weighted by atomic mass is 16.5. The molecule has 3 aliphatic rings. The Morgan fingerprint density at radius 3 is 2.85 bits per heavy atom. The van der Waals surface area contributed by atoms with Crippen LogP contribution < -0.4 is 10.6 Å². The molecule has 1 aromatic rings. The van der Waals surface area contributed by atoms with Gasteiger partial charge >= 0.3 is 6.03 Å². The molecule has 0 radical (unpaired) electrons. The minimum atomic E-state index is -0.00122. The number of aryl methyl sites for hydroxylation is 1. The van der Waals surface area contributed by atoms with Crippen LogP contribution in [0.4, 0.5) is 4.79 Å². The number of aromatic nitrogens is 2. The van der Waals surface area contributed by atoms with Gasteiger partial charge in [0.1, 0.15) is 0 Å². The smallest absolute Gasteiger partial charge is 0.315 e. The molecule has 1 spiro atoms. The molecule has 1 aromatic heterocycles. The second-order valence-electron chi connectivity index (χ2n) is 8.51. The van der Waals surface area contributed by atoms with Gasteiger partial charge < -0.3 is 15.4 Å². The maximum Gasteiger partial charge on any atom is 0.315 e. The molecule has 1 saturated heterocycles. The van der Waals surface area contributed by atoms with Crippen molar-refractivity contribution < 1.29 is 9.53 Å². The SMILES string of the molecule is Cn1cc([C@@H]2OCC[C@H]2CNC(=O)NC2CCCC23CCCCC3)cn1. The Bertz CT molecular complexity index is 623. The van der Waals surface area contributed by atoms with Crippen LogP contribution in [0.15, 0.2) is 12.4 Å². The molecule has 6 heteroatoms. The zero-order valence-corrected chi connectivity index (χ0v) is 15.9. The number of ether oxygens (including phenoxy) is 1. The third-order valence-corrected chi connectivity index (χ3v) is 6.85. The number of nitrogens with zero attached hydrogens (tertiary/aromatic N) is 2. The summed E-state index contributed by atoms with van der Waals surface area (Å²) in [4.78, 5) is 12.5. The van der Waals surface area contributed by atoms with Crippen molar-refractivity contribution in [2.24, 2.45) is 18.4 Å². The molecule has 3 atom stereocenters. The van der Waals surface area contributed by atoms with Crippen molar-refractivity contribution in [2.75, 3.05) is 13.2 Å². The molecule has 144 valence electrons. The Kier molecular flexibility index (Phi) is 5.20. The normalized spacial score (nSPS) is 30.6. The first-order valence-electron chi connectivity index (χ1n) is 10.3. The van der Waals surface area contributed by atoms with Crippen molar-refractivity contribution in [2.45, 2.75) is 69.9 Å². The highest BCUT2D eigenvalue weighted by Gasteiger charge is 2.44. The summed E-state index contributed by atoms with van der Waals surface area (Å²) in [6.45, 7) is 1.41. The number of carbonyl (C=O) groups excluding carboxylic acids is 1. The first kappa shape index (κ1) is 17.8. The first-order valence-corrected chi connectivity index (χ1v) is 10.3. The Balaban J connectivity index is 1.29. The number of urea groups is 1. The van der Waals surface area contributed by atoms with Gasteiger partial charge in [-0.1, -0.05) is 25.7 Å². The second-order valence-corrected chi connectivity index (χ2v) is 8.51. The van der Waals surface area contributed by atoms with E-state index in [0.717, 1.165) is 25.0 Å². The summed E-state index contributed by atoms with van der Waals surface area (Å²) in [5.74, 6) is 0.317. The van der Waals surface area contributed by atoms with E-state index in [-0.39, 0.29) is 12.1 Å². The molecule has 1 aliphatic heterocycles. The van der Waals surface area contributed by atoms with Gasteiger partial charge in [-0.05, 0) is 37.5 Å². The van der Waals surface area contributed by atoms with Crippen LogP contribution in [-0.4, -0.2) is 35.0 Å². The van der Waals surface area contributed by atoms with Gasteiger partial charge in [-0.15, -0.1) is 0 Å². The van der Waals surface area contributed by atoms with E-state index in [1.807, 2.05) is 19.4 Å². The van der Waals surface area contributed by atoms with Crippen molar-refractivity contribution in [3.8, 4) is 0 Å². The summed E-state index contributed by atoms with van der Waals surface area (Å²) in [7, 11) is 1.92. The molecule has 26 heavy (non-hydrogen) atoms. The molecule has 2 aliphatic carbocycles. The van der Waals surface area contributed by atoms with Crippen molar-refractivity contribution in [1.29, 1.82) is 0 Å². The number of carbonyl (C=O) groups is 1. The minimum Gasteiger partial charge on any atom is -0.373 e. The van der Waals surface area contributed by atoms with Gasteiger partial charge in [-0.3, -0.25) is 4.68 Å². The van der Waals surface area contributed by atoms with E-state index >= 15 is 0 Å². The molecular formula is C20H32N4O2. The molecule has 1 unspecified atom stereocenters. The van der Waals surface area contributed by atoms with E-state index in [1.54, 1.807) is 4.68 Å². The van der Waals surface area contributed by atoms with Gasteiger partial charge in [0.25, 0.3) is 0 Å². The molecule has 2 saturated carbocycles. The third-order valence-electron chi connectivity index (χ3n) is 6.85. The zero-order chi connectivity index (χ0) is 18.0. The van der Waals surface area contributed by atoms with Crippen LogP contribution in [0.25, 0.3) is 0 Å². The fraction of sp³-hybridized carbons (Fsp3) is 0.800. The van der Waals surface area contributed by atoms with Crippen LogP contribution in [0, 0.1) is 11.3 Å². The number of hydrogen-bond acceptors (Lipinski definition) is 3. The Morgan fingerprint density at radius 1 is 1.27 bits per heavy atom. The predicted octanol–water partition coefficient (Wildman–Crippen LogP) is 3.30. The van der Waals surface area contributed by atoms with E-state index in [0.29, 0.717) is 23.9 Å². The molecule has 0 aromatic carbocycles. The molecule has 2 heterocycles. The van der Waals surface area contributed by atoms with Gasteiger partial charge in [-0.25, -0.2) is 4.79 Å². The van der Waals surface area contributed by atoms with E-state index in [9.17, 15) is 4.79 Å². The van der Waals surface area contributed by atoms with Crippen molar-refractivity contribution >= 4 is 6.03 Å². The van der Waals surface area contributed by atoms with Crippen LogP contribution in [-0.2, 0) is 11.8 Å². The van der Waals surface area contributed by atoms with E-state index in [2.05, 4.69) is 15.7 Å². The van der Waals surface area contributed by atoms with Crippen LogP contribution in [0.5, 0.6) is 0 Å². The lowest BCUT2D eigenvalue weighted by atomic mass is 9.70. The van der Waals surface area contributed by atoms with Crippen LogP contribution >= 0.6 is 0 Å².